The average molecular weight is 460 g/mol. The fraction of sp³-hybridized carbons (Fsp3) is 0.0500. The Labute approximate surface area is 187 Å². The number of amides is 2. The number of aromatic amines is 1. The summed E-state index contributed by atoms with van der Waals surface area (Å²) in [5, 5.41) is 12.3. The van der Waals surface area contributed by atoms with Gasteiger partial charge in [0.05, 0.1) is 36.4 Å². The van der Waals surface area contributed by atoms with E-state index in [4.69, 9.17) is 27.9 Å². The Morgan fingerprint density at radius 2 is 1.83 bits per heavy atom. The number of carbonyl (C=O) groups is 1. The van der Waals surface area contributed by atoms with E-state index < -0.39 is 6.03 Å². The summed E-state index contributed by atoms with van der Waals surface area (Å²) in [6.07, 6.45) is 3.33. The Bertz CT molecular complexity index is 1190. The lowest BCUT2D eigenvalue weighted by Gasteiger charge is -2.18. The van der Waals surface area contributed by atoms with E-state index in [1.807, 2.05) is 12.1 Å². The van der Waals surface area contributed by atoms with Gasteiger partial charge in [0.1, 0.15) is 5.75 Å². The van der Waals surface area contributed by atoms with E-state index in [1.165, 1.54) is 7.11 Å². The first-order valence-electron chi connectivity index (χ1n) is 8.68. The standard InChI is InChI=1S/C20H15Cl2N5O2S/c1-29-19-3-2-11(16-5-12-9-23-24-10-18(12)25-16)4-17(19)26-20(28)27(30)15-7-13(21)6-14(22)8-15/h2-10,25,30H,1H3,(H,26,28). The minimum absolute atomic E-state index is 0.395. The van der Waals surface area contributed by atoms with Crippen LogP contribution in [-0.4, -0.2) is 28.3 Å². The zero-order valence-electron chi connectivity index (χ0n) is 15.6. The molecule has 0 atom stereocenters. The van der Waals surface area contributed by atoms with Crippen LogP contribution in [0.1, 0.15) is 0 Å². The number of nitrogens with zero attached hydrogens (tertiary/aromatic N) is 3. The van der Waals surface area contributed by atoms with E-state index in [-0.39, 0.29) is 0 Å². The van der Waals surface area contributed by atoms with Crippen LogP contribution in [0.15, 0.2) is 54.9 Å². The number of halogens is 2. The van der Waals surface area contributed by atoms with Crippen molar-refractivity contribution in [2.45, 2.75) is 0 Å². The van der Waals surface area contributed by atoms with Crippen LogP contribution >= 0.6 is 36.0 Å². The molecule has 30 heavy (non-hydrogen) atoms. The van der Waals surface area contributed by atoms with Crippen LogP contribution < -0.4 is 14.4 Å². The van der Waals surface area contributed by atoms with Crippen molar-refractivity contribution in [2.24, 2.45) is 0 Å². The molecular weight excluding hydrogens is 445 g/mol. The predicted octanol–water partition coefficient (Wildman–Crippen LogP) is 5.82. The molecule has 2 amide bonds. The summed E-state index contributed by atoms with van der Waals surface area (Å²) in [5.41, 5.74) is 3.46. The van der Waals surface area contributed by atoms with E-state index in [0.29, 0.717) is 27.2 Å². The van der Waals surface area contributed by atoms with Gasteiger partial charge in [-0.05, 0) is 42.5 Å². The maximum Gasteiger partial charge on any atom is 0.336 e. The minimum Gasteiger partial charge on any atom is -0.495 e. The number of hydrogen-bond donors (Lipinski definition) is 3. The summed E-state index contributed by atoms with van der Waals surface area (Å²) in [6, 6.07) is 11.6. The van der Waals surface area contributed by atoms with Crippen molar-refractivity contribution >= 4 is 64.3 Å². The largest absolute Gasteiger partial charge is 0.495 e. The third-order valence-electron chi connectivity index (χ3n) is 4.37. The van der Waals surface area contributed by atoms with Crippen LogP contribution in [0, 0.1) is 0 Å². The van der Waals surface area contributed by atoms with Crippen LogP contribution in [0.2, 0.25) is 10.0 Å². The molecule has 0 aliphatic heterocycles. The average Bonchev–Trinajstić information content (AvgIpc) is 3.16. The number of nitrogens with one attached hydrogen (secondary N) is 2. The van der Waals surface area contributed by atoms with Crippen molar-refractivity contribution in [1.82, 2.24) is 15.2 Å². The van der Waals surface area contributed by atoms with Crippen molar-refractivity contribution in [1.29, 1.82) is 0 Å². The number of thiol groups is 1. The van der Waals surface area contributed by atoms with Crippen LogP contribution in [-0.2, 0) is 0 Å². The lowest BCUT2D eigenvalue weighted by molar-refractivity contribution is 0.260. The molecule has 0 saturated carbocycles. The summed E-state index contributed by atoms with van der Waals surface area (Å²) in [6.45, 7) is 0. The van der Waals surface area contributed by atoms with E-state index in [2.05, 4.69) is 33.3 Å². The zero-order chi connectivity index (χ0) is 21.3. The smallest absolute Gasteiger partial charge is 0.336 e. The summed E-state index contributed by atoms with van der Waals surface area (Å²) in [7, 11) is 1.53. The Morgan fingerprint density at radius 1 is 1.10 bits per heavy atom. The highest BCUT2D eigenvalue weighted by Crippen LogP contribution is 2.33. The van der Waals surface area contributed by atoms with Gasteiger partial charge in [-0.15, -0.1) is 0 Å². The number of methoxy groups -OCH3 is 1. The monoisotopic (exact) mass is 459 g/mol. The summed E-state index contributed by atoms with van der Waals surface area (Å²) in [5.74, 6) is 0.498. The molecule has 0 radical (unpaired) electrons. The molecule has 10 heteroatoms. The summed E-state index contributed by atoms with van der Waals surface area (Å²) < 4.78 is 6.50. The molecule has 2 aromatic heterocycles. The number of hydrogen-bond acceptors (Lipinski definition) is 5. The number of H-pyrrole nitrogens is 1. The van der Waals surface area contributed by atoms with Gasteiger partial charge in [0.25, 0.3) is 0 Å². The lowest BCUT2D eigenvalue weighted by Crippen LogP contribution is -2.27. The van der Waals surface area contributed by atoms with Crippen LogP contribution in [0.3, 0.4) is 0 Å². The fourth-order valence-corrected chi connectivity index (χ4v) is 3.64. The Kier molecular flexibility index (Phi) is 5.72. The maximum atomic E-state index is 12.8. The molecule has 0 unspecified atom stereocenters. The molecule has 0 saturated heterocycles. The SMILES string of the molecule is COc1ccc(-c2cc3cnncc3[nH]2)cc1NC(=O)N(S)c1cc(Cl)cc(Cl)c1. The number of carbonyl (C=O) groups excluding carboxylic acids is 1. The van der Waals surface area contributed by atoms with Gasteiger partial charge < -0.3 is 15.0 Å². The van der Waals surface area contributed by atoms with Gasteiger partial charge in [-0.1, -0.05) is 36.0 Å². The topological polar surface area (TPSA) is 83.1 Å². The zero-order valence-corrected chi connectivity index (χ0v) is 18.0. The number of anilines is 2. The van der Waals surface area contributed by atoms with E-state index in [0.717, 1.165) is 26.5 Å². The molecule has 0 bridgehead atoms. The van der Waals surface area contributed by atoms with Crippen molar-refractivity contribution in [3.63, 3.8) is 0 Å². The number of rotatable bonds is 4. The highest BCUT2D eigenvalue weighted by atomic mass is 35.5. The third-order valence-corrected chi connectivity index (χ3v) is 5.22. The quantitative estimate of drug-likeness (QED) is 0.335. The van der Waals surface area contributed by atoms with E-state index >= 15 is 0 Å². The van der Waals surface area contributed by atoms with Crippen LogP contribution in [0.4, 0.5) is 16.2 Å². The number of ether oxygens (including phenoxy) is 1. The Hall–Kier alpha value is -2.94. The second-order valence-corrected chi connectivity index (χ2v) is 7.60. The number of urea groups is 1. The number of fused-ring (bicyclic) bond motifs is 1. The second kappa shape index (κ2) is 8.43. The predicted molar refractivity (Wildman–Crippen MR) is 123 cm³/mol. The molecule has 0 spiro atoms. The van der Waals surface area contributed by atoms with Crippen molar-refractivity contribution in [2.75, 3.05) is 16.7 Å². The molecule has 0 fully saturated rings. The van der Waals surface area contributed by atoms with Gasteiger partial charge >= 0.3 is 6.03 Å². The van der Waals surface area contributed by atoms with Gasteiger partial charge in [-0.2, -0.15) is 10.2 Å². The van der Waals surface area contributed by atoms with Gasteiger partial charge in [-0.3, -0.25) is 0 Å². The lowest BCUT2D eigenvalue weighted by atomic mass is 10.1. The molecule has 4 rings (SSSR count). The van der Waals surface area contributed by atoms with Crippen LogP contribution in [0.25, 0.3) is 22.2 Å². The van der Waals surface area contributed by atoms with Gasteiger partial charge in [0.15, 0.2) is 0 Å². The molecule has 0 aliphatic rings. The Balaban J connectivity index is 1.64. The highest BCUT2D eigenvalue weighted by molar-refractivity contribution is 7.82. The highest BCUT2D eigenvalue weighted by Gasteiger charge is 2.17. The molecule has 7 nitrogen and oxygen atoms in total. The van der Waals surface area contributed by atoms with Crippen molar-refractivity contribution < 1.29 is 9.53 Å². The molecule has 152 valence electrons. The molecule has 2 N–H and O–H groups in total. The number of aromatic nitrogens is 3. The first-order valence-corrected chi connectivity index (χ1v) is 9.84. The van der Waals surface area contributed by atoms with Gasteiger partial charge in [0.2, 0.25) is 0 Å². The molecule has 4 aromatic rings. The minimum atomic E-state index is -0.503. The van der Waals surface area contributed by atoms with Gasteiger partial charge in [-0.25, -0.2) is 9.10 Å². The summed E-state index contributed by atoms with van der Waals surface area (Å²) >= 11 is 16.3. The van der Waals surface area contributed by atoms with Crippen molar-refractivity contribution in [3.05, 3.63) is 64.9 Å². The number of benzene rings is 2. The van der Waals surface area contributed by atoms with Crippen LogP contribution in [0.5, 0.6) is 5.75 Å². The molecule has 2 heterocycles. The fourth-order valence-electron chi connectivity index (χ4n) is 2.96. The van der Waals surface area contributed by atoms with Crippen molar-refractivity contribution in [3.8, 4) is 17.0 Å². The summed E-state index contributed by atoms with van der Waals surface area (Å²) in [4.78, 5) is 16.0. The third kappa shape index (κ3) is 4.16. The molecule has 2 aromatic carbocycles. The maximum absolute atomic E-state index is 12.8. The first kappa shape index (κ1) is 20.3. The Morgan fingerprint density at radius 3 is 2.53 bits per heavy atom. The molecule has 0 aliphatic carbocycles. The van der Waals surface area contributed by atoms with Gasteiger partial charge in [0, 0.05) is 26.7 Å². The van der Waals surface area contributed by atoms with E-state index in [1.54, 1.807) is 42.7 Å². The second-order valence-electron chi connectivity index (χ2n) is 6.33. The molecular formula is C20H15Cl2N5O2S. The van der Waals surface area contributed by atoms with E-state index in [9.17, 15) is 4.79 Å². The first-order chi connectivity index (χ1) is 14.4. The normalized spacial score (nSPS) is 10.8.